The summed E-state index contributed by atoms with van der Waals surface area (Å²) in [5.41, 5.74) is 1.69. The molecule has 4 nitrogen and oxygen atoms in total. The third kappa shape index (κ3) is 2.61. The van der Waals surface area contributed by atoms with Crippen LogP contribution in [0.3, 0.4) is 0 Å². The number of aliphatic hydroxyl groups is 1. The first-order valence-corrected chi connectivity index (χ1v) is 4.76. The van der Waals surface area contributed by atoms with E-state index >= 15 is 0 Å². The van der Waals surface area contributed by atoms with E-state index in [1.54, 1.807) is 13.0 Å². The molecule has 1 aromatic rings. The van der Waals surface area contributed by atoms with Crippen molar-refractivity contribution in [1.82, 2.24) is 0 Å². The molecule has 16 heavy (non-hydrogen) atoms. The van der Waals surface area contributed by atoms with Crippen molar-refractivity contribution in [3.63, 3.8) is 0 Å². The average molecular weight is 222 g/mol. The van der Waals surface area contributed by atoms with Gasteiger partial charge in [-0.1, -0.05) is 6.58 Å². The summed E-state index contributed by atoms with van der Waals surface area (Å²) in [5, 5.41) is 18.6. The Morgan fingerprint density at radius 1 is 1.50 bits per heavy atom. The van der Waals surface area contributed by atoms with Crippen LogP contribution in [0.15, 0.2) is 18.7 Å². The Hall–Kier alpha value is -1.81. The number of esters is 1. The Morgan fingerprint density at radius 3 is 2.56 bits per heavy atom. The topological polar surface area (TPSA) is 66.8 Å². The van der Waals surface area contributed by atoms with Crippen molar-refractivity contribution in [3.8, 4) is 5.75 Å². The van der Waals surface area contributed by atoms with Crippen LogP contribution in [0.2, 0.25) is 0 Å². The number of aryl methyl sites for hydroxylation is 1. The van der Waals surface area contributed by atoms with Crippen molar-refractivity contribution in [2.45, 2.75) is 20.5 Å². The average Bonchev–Trinajstić information content (AvgIpc) is 2.16. The van der Waals surface area contributed by atoms with Crippen molar-refractivity contribution in [2.75, 3.05) is 0 Å². The van der Waals surface area contributed by atoms with E-state index in [4.69, 9.17) is 9.84 Å². The lowest BCUT2D eigenvalue weighted by Gasteiger charge is -2.10. The van der Waals surface area contributed by atoms with Gasteiger partial charge >= 0.3 is 5.97 Å². The molecule has 2 N–H and O–H groups in total. The molecule has 0 spiro atoms. The standard InChI is InChI=1S/C12H14O4/c1-7-4-10(8(2)16-9(3)14)5-12(15)11(7)6-13/h4-5,13,15H,2,6H2,1,3H3. The molecular weight excluding hydrogens is 208 g/mol. The van der Waals surface area contributed by atoms with Crippen LogP contribution in [0.1, 0.15) is 23.6 Å². The van der Waals surface area contributed by atoms with Gasteiger partial charge in [-0.3, -0.25) is 4.79 Å². The van der Waals surface area contributed by atoms with E-state index in [1.807, 2.05) is 0 Å². The SMILES string of the molecule is C=C(OC(C)=O)c1cc(C)c(CO)c(O)c1. The predicted octanol–water partition coefficient (Wildman–Crippen LogP) is 1.73. The van der Waals surface area contributed by atoms with Gasteiger partial charge in [0.15, 0.2) is 0 Å². The molecule has 1 aromatic carbocycles. The Balaban J connectivity index is 3.08. The van der Waals surface area contributed by atoms with E-state index < -0.39 is 5.97 Å². The van der Waals surface area contributed by atoms with E-state index in [9.17, 15) is 9.90 Å². The van der Waals surface area contributed by atoms with Gasteiger partial charge in [-0.15, -0.1) is 0 Å². The minimum atomic E-state index is -0.464. The minimum Gasteiger partial charge on any atom is -0.508 e. The molecule has 0 aliphatic carbocycles. The molecule has 0 amide bonds. The van der Waals surface area contributed by atoms with Gasteiger partial charge in [0.1, 0.15) is 11.5 Å². The highest BCUT2D eigenvalue weighted by Crippen LogP contribution is 2.26. The third-order valence-corrected chi connectivity index (χ3v) is 2.20. The molecule has 0 saturated carbocycles. The maximum atomic E-state index is 10.7. The highest BCUT2D eigenvalue weighted by atomic mass is 16.5. The van der Waals surface area contributed by atoms with Gasteiger partial charge in [0.05, 0.1) is 6.61 Å². The van der Waals surface area contributed by atoms with E-state index in [1.165, 1.54) is 13.0 Å². The first kappa shape index (κ1) is 12.3. The van der Waals surface area contributed by atoms with Crippen LogP contribution in [0, 0.1) is 6.92 Å². The second-order valence-corrected chi connectivity index (χ2v) is 3.47. The molecule has 0 fully saturated rings. The van der Waals surface area contributed by atoms with Crippen molar-refractivity contribution in [1.29, 1.82) is 0 Å². The summed E-state index contributed by atoms with van der Waals surface area (Å²) < 4.78 is 4.81. The number of benzene rings is 1. The molecule has 0 heterocycles. The lowest BCUT2D eigenvalue weighted by atomic mass is 10.0. The minimum absolute atomic E-state index is 0.0363. The zero-order chi connectivity index (χ0) is 12.3. The maximum absolute atomic E-state index is 10.7. The van der Waals surface area contributed by atoms with Crippen LogP contribution < -0.4 is 0 Å². The molecule has 86 valence electrons. The Morgan fingerprint density at radius 2 is 2.12 bits per heavy atom. The number of phenols is 1. The number of aliphatic hydroxyl groups excluding tert-OH is 1. The fourth-order valence-corrected chi connectivity index (χ4v) is 1.40. The number of carbonyl (C=O) groups excluding carboxylic acids is 1. The zero-order valence-corrected chi connectivity index (χ0v) is 9.28. The Labute approximate surface area is 93.8 Å². The molecule has 0 aliphatic heterocycles. The fraction of sp³-hybridized carbons (Fsp3) is 0.250. The lowest BCUT2D eigenvalue weighted by molar-refractivity contribution is -0.134. The van der Waals surface area contributed by atoms with Crippen molar-refractivity contribution in [2.24, 2.45) is 0 Å². The van der Waals surface area contributed by atoms with E-state index in [2.05, 4.69) is 6.58 Å². The largest absolute Gasteiger partial charge is 0.508 e. The number of hydrogen-bond acceptors (Lipinski definition) is 4. The van der Waals surface area contributed by atoms with Crippen LogP contribution >= 0.6 is 0 Å². The second kappa shape index (κ2) is 4.81. The molecule has 1 rings (SSSR count). The van der Waals surface area contributed by atoms with E-state index in [0.717, 1.165) is 0 Å². The van der Waals surface area contributed by atoms with Gasteiger partial charge in [-0.25, -0.2) is 0 Å². The predicted molar refractivity (Wildman–Crippen MR) is 59.6 cm³/mol. The van der Waals surface area contributed by atoms with Crippen LogP contribution in [-0.2, 0) is 16.1 Å². The molecule has 0 aliphatic rings. The number of aromatic hydroxyl groups is 1. The van der Waals surface area contributed by atoms with Crippen LogP contribution in [0.5, 0.6) is 5.75 Å². The number of ether oxygens (including phenoxy) is 1. The van der Waals surface area contributed by atoms with Crippen LogP contribution in [0.4, 0.5) is 0 Å². The zero-order valence-electron chi connectivity index (χ0n) is 9.28. The van der Waals surface area contributed by atoms with Gasteiger partial charge in [-0.2, -0.15) is 0 Å². The number of rotatable bonds is 3. The first-order valence-electron chi connectivity index (χ1n) is 4.76. The fourth-order valence-electron chi connectivity index (χ4n) is 1.40. The first-order chi connectivity index (χ1) is 7.45. The number of carbonyl (C=O) groups is 1. The maximum Gasteiger partial charge on any atom is 0.308 e. The Kier molecular flexibility index (Phi) is 3.68. The smallest absolute Gasteiger partial charge is 0.308 e. The number of hydrogen-bond donors (Lipinski definition) is 2. The van der Waals surface area contributed by atoms with E-state index in [0.29, 0.717) is 16.7 Å². The molecule has 0 bridgehead atoms. The summed E-state index contributed by atoms with van der Waals surface area (Å²) in [6, 6.07) is 3.10. The van der Waals surface area contributed by atoms with Crippen molar-refractivity contribution in [3.05, 3.63) is 35.4 Å². The highest BCUT2D eigenvalue weighted by Gasteiger charge is 2.10. The van der Waals surface area contributed by atoms with Crippen molar-refractivity contribution >= 4 is 11.7 Å². The molecule has 0 aromatic heterocycles. The molecule has 0 saturated heterocycles. The molecule has 0 radical (unpaired) electrons. The summed E-state index contributed by atoms with van der Waals surface area (Å²) in [6.07, 6.45) is 0. The van der Waals surface area contributed by atoms with Gasteiger partial charge in [0.2, 0.25) is 0 Å². The normalized spacial score (nSPS) is 9.94. The van der Waals surface area contributed by atoms with E-state index in [-0.39, 0.29) is 18.1 Å². The summed E-state index contributed by atoms with van der Waals surface area (Å²) in [5.74, 6) is -0.324. The molecular formula is C12H14O4. The van der Waals surface area contributed by atoms with Crippen molar-refractivity contribution < 1.29 is 19.7 Å². The Bertz CT molecular complexity index is 412. The van der Waals surface area contributed by atoms with Gasteiger partial charge in [0, 0.05) is 18.1 Å². The summed E-state index contributed by atoms with van der Waals surface area (Å²) >= 11 is 0. The molecule has 0 atom stereocenters. The van der Waals surface area contributed by atoms with Gasteiger partial charge in [-0.05, 0) is 24.6 Å². The summed E-state index contributed by atoms with van der Waals surface area (Å²) in [6.45, 7) is 6.37. The molecule has 4 heteroatoms. The highest BCUT2D eigenvalue weighted by molar-refractivity contribution is 5.76. The van der Waals surface area contributed by atoms with Gasteiger partial charge in [0.25, 0.3) is 0 Å². The second-order valence-electron chi connectivity index (χ2n) is 3.47. The monoisotopic (exact) mass is 222 g/mol. The van der Waals surface area contributed by atoms with Gasteiger partial charge < -0.3 is 14.9 Å². The summed E-state index contributed by atoms with van der Waals surface area (Å²) in [4.78, 5) is 10.7. The lowest BCUT2D eigenvalue weighted by Crippen LogP contribution is -1.99. The summed E-state index contributed by atoms with van der Waals surface area (Å²) in [7, 11) is 0. The molecule has 0 unspecified atom stereocenters. The third-order valence-electron chi connectivity index (χ3n) is 2.20. The van der Waals surface area contributed by atoms with Crippen LogP contribution in [0.25, 0.3) is 5.76 Å². The quantitative estimate of drug-likeness (QED) is 0.603. The van der Waals surface area contributed by atoms with Crippen LogP contribution in [-0.4, -0.2) is 16.2 Å².